The summed E-state index contributed by atoms with van der Waals surface area (Å²) in [5.74, 6) is -0.435. The fraction of sp³-hybridized carbons (Fsp3) is 0.500. The number of carbonyl (C=O) groups excluding carboxylic acids is 3. The van der Waals surface area contributed by atoms with E-state index in [0.29, 0.717) is 28.1 Å². The van der Waals surface area contributed by atoms with E-state index in [9.17, 15) is 14.4 Å². The van der Waals surface area contributed by atoms with Gasteiger partial charge in [-0.25, -0.2) is 0 Å². The summed E-state index contributed by atoms with van der Waals surface area (Å²) in [5.41, 5.74) is 0.694. The molecule has 1 heterocycles. The molecule has 1 aromatic rings. The van der Waals surface area contributed by atoms with Gasteiger partial charge >= 0.3 is 0 Å². The quantitative estimate of drug-likeness (QED) is 0.500. The van der Waals surface area contributed by atoms with E-state index in [1.54, 1.807) is 24.3 Å². The molecule has 2 fully saturated rings. The van der Waals surface area contributed by atoms with E-state index in [1.165, 1.54) is 30.6 Å². The number of likely N-dealkylation sites (N-methyl/N-ethyl adjacent to an activating group) is 1. The van der Waals surface area contributed by atoms with Crippen molar-refractivity contribution in [2.75, 3.05) is 26.7 Å². The lowest BCUT2D eigenvalue weighted by molar-refractivity contribution is -0.124. The second-order valence-electron chi connectivity index (χ2n) is 7.77. The van der Waals surface area contributed by atoms with Gasteiger partial charge in [0.1, 0.15) is 0 Å². The number of hydrogen-bond acceptors (Lipinski definition) is 5. The number of thioether (sulfide) groups is 1. The van der Waals surface area contributed by atoms with Crippen molar-refractivity contribution in [1.82, 2.24) is 15.1 Å². The summed E-state index contributed by atoms with van der Waals surface area (Å²) in [4.78, 5) is 40.7. The van der Waals surface area contributed by atoms with E-state index in [-0.39, 0.29) is 30.1 Å². The van der Waals surface area contributed by atoms with Crippen molar-refractivity contribution < 1.29 is 14.4 Å². The summed E-state index contributed by atoms with van der Waals surface area (Å²) in [5, 5.41) is 3.03. The Morgan fingerprint density at radius 1 is 1.23 bits per heavy atom. The minimum absolute atomic E-state index is 0.0830. The van der Waals surface area contributed by atoms with Gasteiger partial charge in [-0.15, -0.1) is 0 Å². The van der Waals surface area contributed by atoms with Crippen molar-refractivity contribution in [2.24, 2.45) is 0 Å². The monoisotopic (exact) mass is 449 g/mol. The van der Waals surface area contributed by atoms with Gasteiger partial charge in [0.05, 0.1) is 11.4 Å². The molecule has 1 aliphatic heterocycles. The fourth-order valence-corrected chi connectivity index (χ4v) is 4.89. The molecule has 1 saturated heterocycles. The average Bonchev–Trinajstić information content (AvgIpc) is 2.91. The molecular weight excluding hydrogens is 422 g/mol. The van der Waals surface area contributed by atoms with Crippen LogP contribution in [0.25, 0.3) is 6.08 Å². The molecule has 0 bridgehead atoms. The molecule has 0 radical (unpaired) electrons. The Kier molecular flexibility index (Phi) is 8.36. The van der Waals surface area contributed by atoms with Crippen LogP contribution in [0.5, 0.6) is 0 Å². The van der Waals surface area contributed by atoms with Crippen molar-refractivity contribution in [2.45, 2.75) is 44.6 Å². The lowest BCUT2D eigenvalue weighted by Crippen LogP contribution is -2.43. The molecule has 0 spiro atoms. The first-order valence-electron chi connectivity index (χ1n) is 10.4. The zero-order chi connectivity index (χ0) is 21.5. The van der Waals surface area contributed by atoms with Gasteiger partial charge in [0, 0.05) is 24.2 Å². The van der Waals surface area contributed by atoms with Crippen LogP contribution in [0.2, 0.25) is 5.02 Å². The Hall–Kier alpha value is -1.83. The lowest BCUT2D eigenvalue weighted by atomic mass is 10.1. The van der Waals surface area contributed by atoms with Gasteiger partial charge < -0.3 is 5.32 Å². The number of nitrogens with zero attached hydrogens (tertiary/aromatic N) is 2. The Morgan fingerprint density at radius 2 is 1.93 bits per heavy atom. The predicted molar refractivity (Wildman–Crippen MR) is 121 cm³/mol. The Bertz CT molecular complexity index is 822. The van der Waals surface area contributed by atoms with Crippen molar-refractivity contribution in [3.8, 4) is 0 Å². The van der Waals surface area contributed by atoms with Crippen LogP contribution >= 0.6 is 23.4 Å². The maximum absolute atomic E-state index is 12.6. The largest absolute Gasteiger partial charge is 0.353 e. The highest BCUT2D eigenvalue weighted by Gasteiger charge is 2.34. The van der Waals surface area contributed by atoms with E-state index >= 15 is 0 Å². The molecule has 30 heavy (non-hydrogen) atoms. The molecule has 1 aromatic carbocycles. The molecule has 3 rings (SSSR count). The van der Waals surface area contributed by atoms with Crippen LogP contribution in [0, 0.1) is 0 Å². The van der Waals surface area contributed by atoms with Crippen LogP contribution in [-0.2, 0) is 9.59 Å². The van der Waals surface area contributed by atoms with Crippen molar-refractivity contribution in [3.63, 3.8) is 0 Å². The van der Waals surface area contributed by atoms with Crippen LogP contribution in [-0.4, -0.2) is 59.6 Å². The third kappa shape index (κ3) is 6.09. The molecule has 2 aliphatic rings. The number of carbonyl (C=O) groups is 3. The summed E-state index contributed by atoms with van der Waals surface area (Å²) < 4.78 is 0. The van der Waals surface area contributed by atoms with E-state index in [0.717, 1.165) is 24.6 Å². The normalized spacial score (nSPS) is 19.6. The molecule has 8 heteroatoms. The summed E-state index contributed by atoms with van der Waals surface area (Å²) >= 11 is 7.03. The zero-order valence-electron chi connectivity index (χ0n) is 17.2. The number of halogens is 1. The lowest BCUT2D eigenvalue weighted by Gasteiger charge is -2.26. The van der Waals surface area contributed by atoms with E-state index in [1.807, 2.05) is 13.1 Å². The summed E-state index contributed by atoms with van der Waals surface area (Å²) in [6, 6.07) is 7.61. The summed E-state index contributed by atoms with van der Waals surface area (Å²) in [6.07, 6.45) is 8.90. The molecule has 1 aliphatic carbocycles. The van der Waals surface area contributed by atoms with Gasteiger partial charge in [-0.3, -0.25) is 24.2 Å². The van der Waals surface area contributed by atoms with Gasteiger partial charge in [-0.2, -0.15) is 0 Å². The van der Waals surface area contributed by atoms with E-state index in [4.69, 9.17) is 11.6 Å². The minimum Gasteiger partial charge on any atom is -0.353 e. The molecular formula is C22H28ClN3O3S. The number of benzene rings is 1. The Labute approximate surface area is 187 Å². The molecule has 1 N–H and O–H groups in total. The molecule has 162 valence electrons. The van der Waals surface area contributed by atoms with Gasteiger partial charge in [0.25, 0.3) is 11.1 Å². The van der Waals surface area contributed by atoms with Gasteiger partial charge in [0.2, 0.25) is 5.91 Å². The van der Waals surface area contributed by atoms with Crippen molar-refractivity contribution in [3.05, 3.63) is 39.8 Å². The first-order chi connectivity index (χ1) is 14.5. The van der Waals surface area contributed by atoms with Gasteiger partial charge in [-0.1, -0.05) is 55.5 Å². The predicted octanol–water partition coefficient (Wildman–Crippen LogP) is 4.15. The summed E-state index contributed by atoms with van der Waals surface area (Å²) in [7, 11) is 1.99. The van der Waals surface area contributed by atoms with Crippen LogP contribution in [0.3, 0.4) is 0 Å². The standard InChI is InChI=1S/C22H28ClN3O3S/c1-25(17-9-4-2-3-5-10-17)15-20(27)24-12-13-26-21(28)19(30-22(26)29)14-16-8-6-7-11-18(16)23/h6-8,11,14,17H,2-5,9-10,12-13,15H2,1H3,(H,24,27)/b19-14-. The number of hydrogen-bond donors (Lipinski definition) is 1. The third-order valence-corrected chi connectivity index (χ3v) is 6.82. The summed E-state index contributed by atoms with van der Waals surface area (Å²) in [6.45, 7) is 0.733. The first-order valence-corrected chi connectivity index (χ1v) is 11.6. The highest BCUT2D eigenvalue weighted by atomic mass is 35.5. The van der Waals surface area contributed by atoms with Crippen LogP contribution in [0.15, 0.2) is 29.2 Å². The highest BCUT2D eigenvalue weighted by Crippen LogP contribution is 2.33. The molecule has 3 amide bonds. The SMILES string of the molecule is CN(CC(=O)NCCN1C(=O)S/C(=C\c2ccccc2Cl)C1=O)C1CCCCCC1. The maximum Gasteiger partial charge on any atom is 0.293 e. The number of imide groups is 1. The highest BCUT2D eigenvalue weighted by molar-refractivity contribution is 8.18. The zero-order valence-corrected chi connectivity index (χ0v) is 18.8. The Morgan fingerprint density at radius 3 is 2.63 bits per heavy atom. The molecule has 1 saturated carbocycles. The van der Waals surface area contributed by atoms with Gasteiger partial charge in [-0.05, 0) is 49.4 Å². The first kappa shape index (κ1) is 22.8. The maximum atomic E-state index is 12.6. The smallest absolute Gasteiger partial charge is 0.293 e. The third-order valence-electron chi connectivity index (χ3n) is 5.56. The topological polar surface area (TPSA) is 69.7 Å². The number of amides is 3. The molecule has 0 unspecified atom stereocenters. The molecule has 0 aromatic heterocycles. The van der Waals surface area contributed by atoms with E-state index < -0.39 is 0 Å². The average molecular weight is 450 g/mol. The number of nitrogens with one attached hydrogen (secondary N) is 1. The van der Waals surface area contributed by atoms with Crippen molar-refractivity contribution >= 4 is 46.5 Å². The second-order valence-corrected chi connectivity index (χ2v) is 9.17. The molecule has 0 atom stereocenters. The second kappa shape index (κ2) is 11.0. The minimum atomic E-state index is -0.352. The molecule has 6 nitrogen and oxygen atoms in total. The fourth-order valence-electron chi connectivity index (χ4n) is 3.84. The number of rotatable bonds is 7. The van der Waals surface area contributed by atoms with Crippen LogP contribution < -0.4 is 5.32 Å². The van der Waals surface area contributed by atoms with Crippen LogP contribution in [0.1, 0.15) is 44.1 Å². The Balaban J connectivity index is 1.47. The van der Waals surface area contributed by atoms with Crippen molar-refractivity contribution in [1.29, 1.82) is 0 Å². The van der Waals surface area contributed by atoms with Crippen LogP contribution in [0.4, 0.5) is 4.79 Å². The van der Waals surface area contributed by atoms with E-state index in [2.05, 4.69) is 10.2 Å². The van der Waals surface area contributed by atoms with Gasteiger partial charge in [0.15, 0.2) is 0 Å².